The van der Waals surface area contributed by atoms with Crippen LogP contribution in [0, 0.1) is 0 Å². The van der Waals surface area contributed by atoms with E-state index in [9.17, 15) is 8.42 Å². The van der Waals surface area contributed by atoms with Crippen molar-refractivity contribution in [2.45, 2.75) is 6.54 Å². The largest absolute Gasteiger partial charge is 0.493 e. The van der Waals surface area contributed by atoms with Crippen molar-refractivity contribution in [1.82, 2.24) is 14.3 Å². The quantitative estimate of drug-likeness (QED) is 0.458. The minimum absolute atomic E-state index is 0.318. The molecule has 0 aliphatic rings. The van der Waals surface area contributed by atoms with E-state index in [0.29, 0.717) is 37.7 Å². The van der Waals surface area contributed by atoms with E-state index in [1.54, 1.807) is 13.2 Å². The Bertz CT molecular complexity index is 603. The lowest BCUT2D eigenvalue weighted by Gasteiger charge is -2.13. The van der Waals surface area contributed by atoms with Crippen LogP contribution in [0.15, 0.2) is 30.9 Å². The third-order valence-corrected chi connectivity index (χ3v) is 4.51. The third-order valence-electron chi connectivity index (χ3n) is 2.98. The van der Waals surface area contributed by atoms with Gasteiger partial charge in [-0.25, -0.2) is 4.72 Å². The van der Waals surface area contributed by atoms with Gasteiger partial charge < -0.3 is 14.8 Å². The molecule has 0 aliphatic carbocycles. The predicted octanol–water partition coefficient (Wildman–Crippen LogP) is 0.746. The summed E-state index contributed by atoms with van der Waals surface area (Å²) in [5.41, 5.74) is 1.02. The van der Waals surface area contributed by atoms with E-state index in [1.165, 1.54) is 14.1 Å². The van der Waals surface area contributed by atoms with Gasteiger partial charge in [0.05, 0.1) is 7.11 Å². The van der Waals surface area contributed by atoms with Gasteiger partial charge in [0, 0.05) is 33.7 Å². The Morgan fingerprint density at radius 2 is 2.00 bits per heavy atom. The summed E-state index contributed by atoms with van der Waals surface area (Å²) in [6, 6.07) is 5.65. The number of nitrogens with one attached hydrogen (secondary N) is 2. The maximum Gasteiger partial charge on any atom is 0.278 e. The Hall–Kier alpha value is -1.61. The summed E-state index contributed by atoms with van der Waals surface area (Å²) in [5.74, 6) is 1.31. The smallest absolute Gasteiger partial charge is 0.278 e. The Labute approximate surface area is 138 Å². The molecular weight excluding hydrogens is 318 g/mol. The van der Waals surface area contributed by atoms with Gasteiger partial charge in [-0.05, 0) is 17.7 Å². The monoisotopic (exact) mass is 343 g/mol. The summed E-state index contributed by atoms with van der Waals surface area (Å²) in [4.78, 5) is 0. The summed E-state index contributed by atoms with van der Waals surface area (Å²) in [6.07, 6.45) is 1.67. The molecule has 2 N–H and O–H groups in total. The zero-order valence-electron chi connectivity index (χ0n) is 13.8. The average Bonchev–Trinajstić information content (AvgIpc) is 2.52. The number of hydrogen-bond donors (Lipinski definition) is 2. The topological polar surface area (TPSA) is 79.9 Å². The van der Waals surface area contributed by atoms with Crippen molar-refractivity contribution in [3.8, 4) is 11.5 Å². The van der Waals surface area contributed by atoms with Crippen LogP contribution in [0.1, 0.15) is 5.56 Å². The van der Waals surface area contributed by atoms with Gasteiger partial charge in [-0.15, -0.1) is 0 Å². The lowest BCUT2D eigenvalue weighted by Crippen LogP contribution is -2.39. The standard InChI is InChI=1S/C15H25N3O4S/c1-5-10-22-14-7-6-13(11-15(14)21-4)12-16-8-9-17-23(19,20)18(2)3/h5-7,11,16-17H,1,8-10,12H2,2-4H3. The molecule has 0 saturated carbocycles. The van der Waals surface area contributed by atoms with Crippen molar-refractivity contribution in [2.75, 3.05) is 40.9 Å². The van der Waals surface area contributed by atoms with Crippen molar-refractivity contribution < 1.29 is 17.9 Å². The molecule has 130 valence electrons. The first kappa shape index (κ1) is 19.4. The first-order valence-corrected chi connectivity index (χ1v) is 8.63. The van der Waals surface area contributed by atoms with Gasteiger partial charge in [0.15, 0.2) is 11.5 Å². The van der Waals surface area contributed by atoms with Crippen molar-refractivity contribution in [1.29, 1.82) is 0 Å². The first-order chi connectivity index (χ1) is 10.9. The predicted molar refractivity (Wildman–Crippen MR) is 91.0 cm³/mol. The van der Waals surface area contributed by atoms with Crippen LogP contribution in [0.4, 0.5) is 0 Å². The maximum atomic E-state index is 11.5. The second kappa shape index (κ2) is 9.51. The van der Waals surface area contributed by atoms with Crippen LogP contribution in [0.2, 0.25) is 0 Å². The molecule has 0 fully saturated rings. The minimum atomic E-state index is -3.37. The molecule has 0 spiro atoms. The molecule has 7 nitrogen and oxygen atoms in total. The molecule has 0 heterocycles. The van der Waals surface area contributed by atoms with Crippen LogP contribution in [0.3, 0.4) is 0 Å². The highest BCUT2D eigenvalue weighted by atomic mass is 32.2. The number of rotatable bonds is 11. The Balaban J connectivity index is 2.45. The van der Waals surface area contributed by atoms with Crippen molar-refractivity contribution in [3.05, 3.63) is 36.4 Å². The highest BCUT2D eigenvalue weighted by molar-refractivity contribution is 7.87. The molecular formula is C15H25N3O4S. The maximum absolute atomic E-state index is 11.5. The SMILES string of the molecule is C=CCOc1ccc(CNCCNS(=O)(=O)N(C)C)cc1OC. The molecule has 1 aromatic carbocycles. The van der Waals surface area contributed by atoms with Gasteiger partial charge in [0.2, 0.25) is 0 Å². The molecule has 1 rings (SSSR count). The molecule has 0 bridgehead atoms. The van der Waals surface area contributed by atoms with E-state index in [4.69, 9.17) is 9.47 Å². The van der Waals surface area contributed by atoms with E-state index in [-0.39, 0.29) is 0 Å². The van der Waals surface area contributed by atoms with E-state index >= 15 is 0 Å². The molecule has 0 aromatic heterocycles. The summed E-state index contributed by atoms with van der Waals surface area (Å²) in [7, 11) is 1.19. The average molecular weight is 343 g/mol. The van der Waals surface area contributed by atoms with E-state index in [0.717, 1.165) is 9.87 Å². The zero-order chi connectivity index (χ0) is 17.3. The fraction of sp³-hybridized carbons (Fsp3) is 0.467. The van der Waals surface area contributed by atoms with Gasteiger partial charge >= 0.3 is 0 Å². The second-order valence-corrected chi connectivity index (χ2v) is 6.91. The number of hydrogen-bond acceptors (Lipinski definition) is 5. The second-order valence-electron chi connectivity index (χ2n) is 4.94. The Kier molecular flexibility index (Phi) is 8.04. The third kappa shape index (κ3) is 6.57. The fourth-order valence-electron chi connectivity index (χ4n) is 1.72. The van der Waals surface area contributed by atoms with E-state index in [2.05, 4.69) is 16.6 Å². The van der Waals surface area contributed by atoms with Crippen LogP contribution in [-0.4, -0.2) is 53.6 Å². The van der Waals surface area contributed by atoms with Gasteiger partial charge in [-0.2, -0.15) is 12.7 Å². The molecule has 0 saturated heterocycles. The van der Waals surface area contributed by atoms with Crippen LogP contribution >= 0.6 is 0 Å². The van der Waals surface area contributed by atoms with Gasteiger partial charge in [0.25, 0.3) is 10.2 Å². The van der Waals surface area contributed by atoms with Crippen LogP contribution < -0.4 is 19.5 Å². The number of nitrogens with zero attached hydrogens (tertiary/aromatic N) is 1. The molecule has 0 aliphatic heterocycles. The molecule has 8 heteroatoms. The number of methoxy groups -OCH3 is 1. The molecule has 0 amide bonds. The van der Waals surface area contributed by atoms with Crippen LogP contribution in [0.25, 0.3) is 0 Å². The highest BCUT2D eigenvalue weighted by Crippen LogP contribution is 2.27. The molecule has 23 heavy (non-hydrogen) atoms. The Morgan fingerprint density at radius 1 is 1.26 bits per heavy atom. The van der Waals surface area contributed by atoms with Gasteiger partial charge in [-0.3, -0.25) is 0 Å². The molecule has 0 radical (unpaired) electrons. The number of ether oxygens (including phenoxy) is 2. The highest BCUT2D eigenvalue weighted by Gasteiger charge is 2.11. The fourth-order valence-corrected chi connectivity index (χ4v) is 2.34. The molecule has 1 aromatic rings. The van der Waals surface area contributed by atoms with Crippen molar-refractivity contribution in [3.63, 3.8) is 0 Å². The molecule has 0 unspecified atom stereocenters. The van der Waals surface area contributed by atoms with Gasteiger partial charge in [-0.1, -0.05) is 18.7 Å². The van der Waals surface area contributed by atoms with Crippen LogP contribution in [-0.2, 0) is 16.8 Å². The zero-order valence-corrected chi connectivity index (χ0v) is 14.6. The normalized spacial score (nSPS) is 11.5. The van der Waals surface area contributed by atoms with Crippen LogP contribution in [0.5, 0.6) is 11.5 Å². The number of benzene rings is 1. The van der Waals surface area contributed by atoms with Crippen molar-refractivity contribution >= 4 is 10.2 Å². The first-order valence-electron chi connectivity index (χ1n) is 7.19. The summed E-state index contributed by atoms with van der Waals surface area (Å²) >= 11 is 0. The summed E-state index contributed by atoms with van der Waals surface area (Å²) in [6.45, 7) is 5.46. The van der Waals surface area contributed by atoms with Gasteiger partial charge in [0.1, 0.15) is 6.61 Å². The Morgan fingerprint density at radius 3 is 2.61 bits per heavy atom. The summed E-state index contributed by atoms with van der Waals surface area (Å²) in [5, 5.41) is 3.17. The molecule has 0 atom stereocenters. The van der Waals surface area contributed by atoms with E-state index in [1.807, 2.05) is 18.2 Å². The minimum Gasteiger partial charge on any atom is -0.493 e. The van der Waals surface area contributed by atoms with Crippen molar-refractivity contribution in [2.24, 2.45) is 0 Å². The lowest BCUT2D eigenvalue weighted by atomic mass is 10.2. The van der Waals surface area contributed by atoms with E-state index < -0.39 is 10.2 Å². The lowest BCUT2D eigenvalue weighted by molar-refractivity contribution is 0.326. The summed E-state index contributed by atoms with van der Waals surface area (Å²) < 4.78 is 37.4.